The highest BCUT2D eigenvalue weighted by Gasteiger charge is 2.35. The van der Waals surface area contributed by atoms with Crippen LogP contribution < -0.4 is 4.72 Å². The van der Waals surface area contributed by atoms with Crippen molar-refractivity contribution in [3.8, 4) is 0 Å². The molecule has 0 saturated carbocycles. The third-order valence-corrected chi connectivity index (χ3v) is 9.97. The van der Waals surface area contributed by atoms with Gasteiger partial charge in [-0.2, -0.15) is 0 Å². The fraction of sp³-hybridized carbons (Fsp3) is 0.0667. The molecular weight excluding hydrogens is 563 g/mol. The lowest BCUT2D eigenvalue weighted by Crippen LogP contribution is -2.20. The van der Waals surface area contributed by atoms with E-state index in [2.05, 4.69) is 4.72 Å². The minimum Gasteiger partial charge on any atom is -0.302 e. The maximum absolute atomic E-state index is 14.3. The van der Waals surface area contributed by atoms with Crippen LogP contribution in [-0.2, 0) is 19.9 Å². The zero-order valence-corrected chi connectivity index (χ0v) is 23.3. The number of sulfone groups is 1. The summed E-state index contributed by atoms with van der Waals surface area (Å²) < 4.78 is 73.6. The summed E-state index contributed by atoms with van der Waals surface area (Å²) in [4.78, 5) is 8.87. The molecule has 0 radical (unpaired) electrons. The summed E-state index contributed by atoms with van der Waals surface area (Å²) in [7, 11) is -8.72. The standard InChI is InChI=1S/C30H23FN4O4S2/c1-20(21-10-4-2-5-11-21)35-29-27(32-25-14-8-9-15-26(25)33-29)28(40(36,37)23-12-6-3-7-13-23)30(35)34-41(38,39)24-18-16-22(31)17-19-24/h2-20,34H,1H3/t20-/m0/s1. The van der Waals surface area contributed by atoms with Gasteiger partial charge in [-0.15, -0.1) is 0 Å². The van der Waals surface area contributed by atoms with E-state index < -0.39 is 31.7 Å². The first-order chi connectivity index (χ1) is 19.7. The van der Waals surface area contributed by atoms with Crippen LogP contribution in [0, 0.1) is 5.82 Å². The molecule has 0 aliphatic carbocycles. The van der Waals surface area contributed by atoms with E-state index in [1.807, 2.05) is 37.3 Å². The Kier molecular flexibility index (Phi) is 6.55. The molecule has 0 spiro atoms. The molecule has 0 unspecified atom stereocenters. The van der Waals surface area contributed by atoms with Crippen molar-refractivity contribution >= 4 is 47.9 Å². The Bertz CT molecular complexity index is 2120. The molecule has 2 aromatic heterocycles. The molecule has 0 aliphatic heterocycles. The first kappa shape index (κ1) is 26.6. The predicted octanol–water partition coefficient (Wildman–Crippen LogP) is 5.97. The number of sulfonamides is 1. The lowest BCUT2D eigenvalue weighted by molar-refractivity contribution is 0.595. The number of hydrogen-bond donors (Lipinski definition) is 1. The number of aromatic nitrogens is 3. The minimum atomic E-state index is -4.39. The number of nitrogens with zero attached hydrogens (tertiary/aromatic N) is 3. The van der Waals surface area contributed by atoms with Crippen molar-refractivity contribution < 1.29 is 21.2 Å². The summed E-state index contributed by atoms with van der Waals surface area (Å²) in [6.07, 6.45) is 0. The Morgan fingerprint density at radius 1 is 0.707 bits per heavy atom. The SMILES string of the molecule is C[C@@H](c1ccccc1)n1c(NS(=O)(=O)c2ccc(F)cc2)c(S(=O)(=O)c2ccccc2)c2nc3ccccc3nc21. The summed E-state index contributed by atoms with van der Waals surface area (Å²) >= 11 is 0. The van der Waals surface area contributed by atoms with Crippen LogP contribution in [0.1, 0.15) is 18.5 Å². The lowest BCUT2D eigenvalue weighted by Gasteiger charge is -2.20. The van der Waals surface area contributed by atoms with Crippen LogP contribution in [0.25, 0.3) is 22.2 Å². The molecule has 206 valence electrons. The maximum atomic E-state index is 14.3. The fourth-order valence-corrected chi connectivity index (χ4v) is 7.44. The third kappa shape index (κ3) is 4.72. The quantitative estimate of drug-likeness (QED) is 0.247. The molecule has 1 atom stereocenters. The van der Waals surface area contributed by atoms with Crippen molar-refractivity contribution in [1.82, 2.24) is 14.5 Å². The highest BCUT2D eigenvalue weighted by molar-refractivity contribution is 7.93. The molecule has 41 heavy (non-hydrogen) atoms. The number of hydrogen-bond acceptors (Lipinski definition) is 6. The summed E-state index contributed by atoms with van der Waals surface area (Å²) in [6, 6.07) is 27.7. The van der Waals surface area contributed by atoms with Gasteiger partial charge in [0.15, 0.2) is 5.65 Å². The van der Waals surface area contributed by atoms with E-state index in [-0.39, 0.29) is 31.7 Å². The van der Waals surface area contributed by atoms with Gasteiger partial charge in [0, 0.05) is 0 Å². The average Bonchev–Trinajstić information content (AvgIpc) is 3.29. The summed E-state index contributed by atoms with van der Waals surface area (Å²) in [5, 5.41) is 0. The van der Waals surface area contributed by atoms with Gasteiger partial charge in [-0.3, -0.25) is 4.72 Å². The number of fused-ring (bicyclic) bond motifs is 2. The third-order valence-electron chi connectivity index (χ3n) is 6.80. The van der Waals surface area contributed by atoms with E-state index in [4.69, 9.17) is 9.97 Å². The molecule has 6 rings (SSSR count). The van der Waals surface area contributed by atoms with Crippen molar-refractivity contribution in [3.05, 3.63) is 121 Å². The molecule has 2 heterocycles. The topological polar surface area (TPSA) is 111 Å². The highest BCUT2D eigenvalue weighted by atomic mass is 32.2. The molecule has 4 aromatic carbocycles. The maximum Gasteiger partial charge on any atom is 0.263 e. The number of nitrogens with one attached hydrogen (secondary N) is 1. The monoisotopic (exact) mass is 586 g/mol. The van der Waals surface area contributed by atoms with Crippen molar-refractivity contribution in [2.75, 3.05) is 4.72 Å². The van der Waals surface area contributed by atoms with Gasteiger partial charge in [-0.05, 0) is 61.0 Å². The number of para-hydroxylation sites is 2. The smallest absolute Gasteiger partial charge is 0.263 e. The van der Waals surface area contributed by atoms with E-state index in [1.54, 1.807) is 47.0 Å². The van der Waals surface area contributed by atoms with Gasteiger partial charge in [-0.25, -0.2) is 31.2 Å². The number of halogens is 1. The summed E-state index contributed by atoms with van der Waals surface area (Å²) in [5.74, 6) is -0.831. The molecule has 6 aromatic rings. The highest BCUT2D eigenvalue weighted by Crippen LogP contribution is 2.41. The second kappa shape index (κ2) is 10.1. The molecule has 0 amide bonds. The summed E-state index contributed by atoms with van der Waals surface area (Å²) in [6.45, 7) is 1.82. The largest absolute Gasteiger partial charge is 0.302 e. The number of rotatable bonds is 7. The predicted molar refractivity (Wildman–Crippen MR) is 154 cm³/mol. The van der Waals surface area contributed by atoms with Crippen LogP contribution >= 0.6 is 0 Å². The fourth-order valence-electron chi connectivity index (χ4n) is 4.76. The van der Waals surface area contributed by atoms with Crippen LogP contribution in [0.5, 0.6) is 0 Å². The van der Waals surface area contributed by atoms with Gasteiger partial charge < -0.3 is 4.57 Å². The molecule has 0 aliphatic rings. The lowest BCUT2D eigenvalue weighted by atomic mass is 10.1. The van der Waals surface area contributed by atoms with E-state index in [9.17, 15) is 21.2 Å². The Labute approximate surface area is 236 Å². The Morgan fingerprint density at radius 2 is 1.27 bits per heavy atom. The minimum absolute atomic E-state index is 0.0205. The van der Waals surface area contributed by atoms with E-state index in [1.165, 1.54) is 12.1 Å². The van der Waals surface area contributed by atoms with Crippen LogP contribution in [0.2, 0.25) is 0 Å². The normalized spacial score (nSPS) is 12.9. The van der Waals surface area contributed by atoms with Crippen molar-refractivity contribution in [2.24, 2.45) is 0 Å². The zero-order valence-electron chi connectivity index (χ0n) is 21.6. The van der Waals surface area contributed by atoms with Crippen LogP contribution in [0.3, 0.4) is 0 Å². The number of anilines is 1. The van der Waals surface area contributed by atoms with Gasteiger partial charge in [0.05, 0.1) is 26.9 Å². The van der Waals surface area contributed by atoms with E-state index in [0.29, 0.717) is 11.0 Å². The first-order valence-electron chi connectivity index (χ1n) is 12.6. The molecule has 0 fully saturated rings. The first-order valence-corrected chi connectivity index (χ1v) is 15.6. The molecule has 1 N–H and O–H groups in total. The molecular formula is C30H23FN4O4S2. The van der Waals surface area contributed by atoms with E-state index >= 15 is 0 Å². The van der Waals surface area contributed by atoms with Gasteiger partial charge >= 0.3 is 0 Å². The van der Waals surface area contributed by atoms with Crippen LogP contribution in [-0.4, -0.2) is 31.4 Å². The van der Waals surface area contributed by atoms with Gasteiger partial charge in [0.2, 0.25) is 9.84 Å². The Morgan fingerprint density at radius 3 is 1.90 bits per heavy atom. The average molecular weight is 587 g/mol. The molecule has 0 bridgehead atoms. The van der Waals surface area contributed by atoms with Gasteiger partial charge in [0.1, 0.15) is 22.0 Å². The Balaban J connectivity index is 1.73. The van der Waals surface area contributed by atoms with Crippen LogP contribution in [0.4, 0.5) is 10.2 Å². The van der Waals surface area contributed by atoms with Crippen LogP contribution in [0.15, 0.2) is 124 Å². The Hall–Kier alpha value is -4.61. The van der Waals surface area contributed by atoms with E-state index in [0.717, 1.165) is 29.8 Å². The van der Waals surface area contributed by atoms with Crippen molar-refractivity contribution in [3.63, 3.8) is 0 Å². The number of benzene rings is 4. The zero-order chi connectivity index (χ0) is 28.8. The van der Waals surface area contributed by atoms with Gasteiger partial charge in [-0.1, -0.05) is 60.7 Å². The second-order valence-electron chi connectivity index (χ2n) is 9.39. The molecule has 8 nitrogen and oxygen atoms in total. The molecule has 0 saturated heterocycles. The van der Waals surface area contributed by atoms with Crippen molar-refractivity contribution in [1.29, 1.82) is 0 Å². The van der Waals surface area contributed by atoms with Crippen molar-refractivity contribution in [2.45, 2.75) is 27.7 Å². The second-order valence-corrected chi connectivity index (χ2v) is 13.0. The van der Waals surface area contributed by atoms with Gasteiger partial charge in [0.25, 0.3) is 10.0 Å². The molecule has 11 heteroatoms. The summed E-state index contributed by atoms with van der Waals surface area (Å²) in [5.41, 5.74) is 1.95.